The van der Waals surface area contributed by atoms with E-state index in [1.165, 1.54) is 38.5 Å². The second-order valence-electron chi connectivity index (χ2n) is 7.01. The first kappa shape index (κ1) is 17.3. The summed E-state index contributed by atoms with van der Waals surface area (Å²) >= 11 is 6.21. The van der Waals surface area contributed by atoms with Crippen molar-refractivity contribution in [3.05, 3.63) is 34.5 Å². The van der Waals surface area contributed by atoms with Crippen LogP contribution in [0, 0.1) is 12.8 Å². The number of nitrogens with one attached hydrogen (secondary N) is 1. The fourth-order valence-electron chi connectivity index (χ4n) is 3.93. The van der Waals surface area contributed by atoms with E-state index in [0.717, 1.165) is 40.1 Å². The number of hydrogen-bond acceptors (Lipinski definition) is 1. The number of amides is 1. The molecule has 3 nitrogen and oxygen atoms in total. The number of aryl methyl sites for hydroxylation is 2. The first-order valence-electron chi connectivity index (χ1n) is 9.17. The molecular weight excluding hydrogens is 320 g/mol. The summed E-state index contributed by atoms with van der Waals surface area (Å²) in [4.78, 5) is 12.8. The molecule has 1 fully saturated rings. The van der Waals surface area contributed by atoms with Crippen LogP contribution in [0.15, 0.2) is 18.3 Å². The third-order valence-corrected chi connectivity index (χ3v) is 5.47. The molecule has 0 radical (unpaired) electrons. The van der Waals surface area contributed by atoms with Gasteiger partial charge in [-0.1, -0.05) is 37.3 Å². The third-order valence-electron chi connectivity index (χ3n) is 5.25. The maximum Gasteiger partial charge on any atom is 0.253 e. The monoisotopic (exact) mass is 346 g/mol. The summed E-state index contributed by atoms with van der Waals surface area (Å²) in [6, 6.07) is 3.89. The van der Waals surface area contributed by atoms with Crippen molar-refractivity contribution in [1.29, 1.82) is 0 Å². The van der Waals surface area contributed by atoms with E-state index >= 15 is 0 Å². The molecule has 0 aliphatic heterocycles. The number of carbonyl (C=O) groups excluding carboxylic acids is 1. The predicted molar refractivity (Wildman–Crippen MR) is 101 cm³/mol. The van der Waals surface area contributed by atoms with Crippen LogP contribution in [0.1, 0.15) is 61.4 Å². The van der Waals surface area contributed by atoms with Crippen LogP contribution in [0.5, 0.6) is 0 Å². The zero-order valence-corrected chi connectivity index (χ0v) is 15.5. The van der Waals surface area contributed by atoms with Crippen LogP contribution in [0.4, 0.5) is 0 Å². The Morgan fingerprint density at radius 3 is 2.62 bits per heavy atom. The zero-order valence-electron chi connectivity index (χ0n) is 14.7. The van der Waals surface area contributed by atoms with Gasteiger partial charge in [0.05, 0.1) is 11.1 Å². The van der Waals surface area contributed by atoms with Gasteiger partial charge in [-0.25, -0.2) is 0 Å². The Morgan fingerprint density at radius 2 is 1.96 bits per heavy atom. The van der Waals surface area contributed by atoms with Crippen molar-refractivity contribution in [2.45, 2.75) is 58.9 Å². The second kappa shape index (κ2) is 7.60. The molecule has 2 aromatic rings. The SMILES string of the molecule is CCn1cc(C(=O)NCC2CCCCCC2)c2c(C)cc(Cl)cc21. The molecule has 4 heteroatoms. The third kappa shape index (κ3) is 3.61. The number of halogens is 1. The van der Waals surface area contributed by atoms with Crippen molar-refractivity contribution in [3.8, 4) is 0 Å². The van der Waals surface area contributed by atoms with Crippen LogP contribution in [-0.4, -0.2) is 17.0 Å². The average Bonchev–Trinajstić information content (AvgIpc) is 2.74. The minimum Gasteiger partial charge on any atom is -0.352 e. The number of fused-ring (bicyclic) bond motifs is 1. The van der Waals surface area contributed by atoms with Gasteiger partial charge in [0.25, 0.3) is 5.91 Å². The van der Waals surface area contributed by atoms with Crippen molar-refractivity contribution >= 4 is 28.4 Å². The smallest absolute Gasteiger partial charge is 0.253 e. The lowest BCUT2D eigenvalue weighted by molar-refractivity contribution is 0.0947. The highest BCUT2D eigenvalue weighted by atomic mass is 35.5. The summed E-state index contributed by atoms with van der Waals surface area (Å²) < 4.78 is 2.11. The minimum atomic E-state index is 0.0434. The second-order valence-corrected chi connectivity index (χ2v) is 7.45. The van der Waals surface area contributed by atoms with E-state index in [2.05, 4.69) is 16.8 Å². The number of nitrogens with zero attached hydrogens (tertiary/aromatic N) is 1. The van der Waals surface area contributed by atoms with E-state index < -0.39 is 0 Å². The Balaban J connectivity index is 1.81. The van der Waals surface area contributed by atoms with Crippen LogP contribution in [0.2, 0.25) is 5.02 Å². The number of aromatic nitrogens is 1. The lowest BCUT2D eigenvalue weighted by Crippen LogP contribution is -2.29. The Kier molecular flexibility index (Phi) is 5.50. The largest absolute Gasteiger partial charge is 0.352 e. The number of hydrogen-bond donors (Lipinski definition) is 1. The van der Waals surface area contributed by atoms with Crippen molar-refractivity contribution in [2.24, 2.45) is 5.92 Å². The van der Waals surface area contributed by atoms with E-state index in [-0.39, 0.29) is 5.91 Å². The van der Waals surface area contributed by atoms with E-state index in [0.29, 0.717) is 5.92 Å². The first-order chi connectivity index (χ1) is 11.6. The molecule has 0 saturated heterocycles. The van der Waals surface area contributed by atoms with Crippen molar-refractivity contribution in [1.82, 2.24) is 9.88 Å². The maximum absolute atomic E-state index is 12.8. The quantitative estimate of drug-likeness (QED) is 0.746. The Bertz CT molecular complexity index is 727. The molecule has 1 aliphatic carbocycles. The van der Waals surface area contributed by atoms with Gasteiger partial charge in [0, 0.05) is 29.7 Å². The van der Waals surface area contributed by atoms with Gasteiger partial charge in [0.2, 0.25) is 0 Å². The van der Waals surface area contributed by atoms with E-state index in [1.54, 1.807) is 0 Å². The molecule has 1 aromatic carbocycles. The maximum atomic E-state index is 12.8. The molecule has 130 valence electrons. The van der Waals surface area contributed by atoms with Gasteiger partial charge < -0.3 is 9.88 Å². The van der Waals surface area contributed by atoms with Gasteiger partial charge in [-0.3, -0.25) is 4.79 Å². The van der Waals surface area contributed by atoms with Crippen LogP contribution in [0.25, 0.3) is 10.9 Å². The van der Waals surface area contributed by atoms with E-state index in [9.17, 15) is 4.79 Å². The molecule has 0 bridgehead atoms. The fraction of sp³-hybridized carbons (Fsp3) is 0.550. The molecule has 0 atom stereocenters. The van der Waals surface area contributed by atoms with Gasteiger partial charge >= 0.3 is 0 Å². The lowest BCUT2D eigenvalue weighted by atomic mass is 10.00. The molecule has 1 saturated carbocycles. The molecule has 0 spiro atoms. The Morgan fingerprint density at radius 1 is 1.25 bits per heavy atom. The van der Waals surface area contributed by atoms with Crippen LogP contribution < -0.4 is 5.32 Å². The van der Waals surface area contributed by atoms with Crippen LogP contribution in [0.3, 0.4) is 0 Å². The Hall–Kier alpha value is -1.48. The molecule has 1 aliphatic rings. The highest BCUT2D eigenvalue weighted by Crippen LogP contribution is 2.29. The average molecular weight is 347 g/mol. The molecule has 24 heavy (non-hydrogen) atoms. The van der Waals surface area contributed by atoms with Gasteiger partial charge in [0.1, 0.15) is 0 Å². The van der Waals surface area contributed by atoms with Crippen molar-refractivity contribution in [2.75, 3.05) is 6.54 Å². The van der Waals surface area contributed by atoms with Gasteiger partial charge in [-0.15, -0.1) is 0 Å². The summed E-state index contributed by atoms with van der Waals surface area (Å²) in [7, 11) is 0. The summed E-state index contributed by atoms with van der Waals surface area (Å²) in [6.07, 6.45) is 9.73. The molecule has 3 rings (SSSR count). The summed E-state index contributed by atoms with van der Waals surface area (Å²) in [5.74, 6) is 0.674. The zero-order chi connectivity index (χ0) is 17.1. The fourth-order valence-corrected chi connectivity index (χ4v) is 4.19. The number of carbonyl (C=O) groups is 1. The summed E-state index contributed by atoms with van der Waals surface area (Å²) in [5, 5.41) is 4.93. The van der Waals surface area contributed by atoms with Gasteiger partial charge in [-0.05, 0) is 50.3 Å². The van der Waals surface area contributed by atoms with E-state index in [1.807, 2.05) is 25.3 Å². The minimum absolute atomic E-state index is 0.0434. The van der Waals surface area contributed by atoms with Gasteiger partial charge in [-0.2, -0.15) is 0 Å². The van der Waals surface area contributed by atoms with Crippen LogP contribution in [-0.2, 0) is 6.54 Å². The molecule has 0 unspecified atom stereocenters. The molecular formula is C20H27ClN2O. The molecule has 1 N–H and O–H groups in total. The topological polar surface area (TPSA) is 34.0 Å². The highest BCUT2D eigenvalue weighted by Gasteiger charge is 2.19. The van der Waals surface area contributed by atoms with E-state index in [4.69, 9.17) is 11.6 Å². The lowest BCUT2D eigenvalue weighted by Gasteiger charge is -2.14. The molecule has 1 heterocycles. The van der Waals surface area contributed by atoms with Crippen LogP contribution >= 0.6 is 11.6 Å². The normalized spacial score (nSPS) is 16.3. The summed E-state index contributed by atoms with van der Waals surface area (Å²) in [6.45, 7) is 5.73. The standard InChI is InChI=1S/C20H27ClN2O/c1-3-23-13-17(19-14(2)10-16(21)11-18(19)23)20(24)22-12-15-8-6-4-5-7-9-15/h10-11,13,15H,3-9,12H2,1-2H3,(H,22,24). The first-order valence-corrected chi connectivity index (χ1v) is 9.55. The van der Waals surface area contributed by atoms with Crippen molar-refractivity contribution in [3.63, 3.8) is 0 Å². The highest BCUT2D eigenvalue weighted by molar-refractivity contribution is 6.31. The number of rotatable bonds is 4. The predicted octanol–water partition coefficient (Wildman–Crippen LogP) is 5.32. The Labute approximate surface area is 149 Å². The van der Waals surface area contributed by atoms with Crippen molar-refractivity contribution < 1.29 is 4.79 Å². The summed E-state index contributed by atoms with van der Waals surface area (Å²) in [5.41, 5.74) is 2.88. The molecule has 1 amide bonds. The molecule has 1 aromatic heterocycles. The number of benzene rings is 1. The van der Waals surface area contributed by atoms with Gasteiger partial charge in [0.15, 0.2) is 0 Å².